The standard InChI is InChI=1S/C28H25ClN2O6/c1-3-36-24-14-20(12-22(29)25(24)37-16-18-7-9-21(10-8-18)27(33)34)13-23-26(32)31(28(35)30-23)15-19-6-4-5-17(2)11-19/h4-14H,3,15-16H2,1-2H3,(H,30,35)(H,33,34)/b23-13+. The van der Waals surface area contributed by atoms with Gasteiger partial charge in [-0.25, -0.2) is 9.59 Å². The molecule has 0 aromatic heterocycles. The van der Waals surface area contributed by atoms with E-state index in [0.717, 1.165) is 21.6 Å². The van der Waals surface area contributed by atoms with Gasteiger partial charge < -0.3 is 19.9 Å². The molecule has 4 rings (SSSR count). The fourth-order valence-electron chi connectivity index (χ4n) is 3.85. The molecule has 0 unspecified atom stereocenters. The van der Waals surface area contributed by atoms with Crippen LogP contribution >= 0.6 is 11.6 Å². The maximum atomic E-state index is 12.9. The van der Waals surface area contributed by atoms with E-state index < -0.39 is 17.9 Å². The van der Waals surface area contributed by atoms with Gasteiger partial charge in [0.05, 0.1) is 23.7 Å². The fraction of sp³-hybridized carbons (Fsp3) is 0.179. The summed E-state index contributed by atoms with van der Waals surface area (Å²) in [7, 11) is 0. The molecule has 1 saturated heterocycles. The number of amides is 3. The van der Waals surface area contributed by atoms with Gasteiger partial charge >= 0.3 is 12.0 Å². The summed E-state index contributed by atoms with van der Waals surface area (Å²) in [4.78, 5) is 37.6. The lowest BCUT2D eigenvalue weighted by molar-refractivity contribution is -0.123. The predicted octanol–water partition coefficient (Wildman–Crippen LogP) is 5.42. The van der Waals surface area contributed by atoms with E-state index in [9.17, 15) is 14.4 Å². The Kier molecular flexibility index (Phi) is 7.79. The predicted molar refractivity (Wildman–Crippen MR) is 139 cm³/mol. The maximum absolute atomic E-state index is 12.9. The van der Waals surface area contributed by atoms with Gasteiger partial charge in [-0.1, -0.05) is 53.6 Å². The number of hydrogen-bond acceptors (Lipinski definition) is 5. The van der Waals surface area contributed by atoms with Crippen LogP contribution in [-0.2, 0) is 17.9 Å². The number of carbonyl (C=O) groups is 3. The van der Waals surface area contributed by atoms with Crippen LogP contribution in [0.4, 0.5) is 4.79 Å². The summed E-state index contributed by atoms with van der Waals surface area (Å²) in [5.41, 5.74) is 3.50. The minimum absolute atomic E-state index is 0.128. The smallest absolute Gasteiger partial charge is 0.335 e. The van der Waals surface area contributed by atoms with E-state index in [1.54, 1.807) is 30.3 Å². The van der Waals surface area contributed by atoms with Crippen LogP contribution in [-0.4, -0.2) is 34.5 Å². The molecule has 1 heterocycles. The molecule has 9 heteroatoms. The molecule has 3 amide bonds. The highest BCUT2D eigenvalue weighted by Gasteiger charge is 2.33. The third kappa shape index (κ3) is 6.10. The third-order valence-electron chi connectivity index (χ3n) is 5.61. The fourth-order valence-corrected chi connectivity index (χ4v) is 4.12. The van der Waals surface area contributed by atoms with Crippen LogP contribution in [0.2, 0.25) is 5.02 Å². The number of carbonyl (C=O) groups excluding carboxylic acids is 2. The SMILES string of the molecule is CCOc1cc(/C=C2/NC(=O)N(Cc3cccc(C)c3)C2=O)cc(Cl)c1OCc1ccc(C(=O)O)cc1. The number of carboxylic acid groups (broad SMARTS) is 1. The van der Waals surface area contributed by atoms with Crippen LogP contribution in [0, 0.1) is 6.92 Å². The van der Waals surface area contributed by atoms with Gasteiger partial charge in [0.1, 0.15) is 12.3 Å². The Morgan fingerprint density at radius 2 is 1.81 bits per heavy atom. The molecule has 0 bridgehead atoms. The molecule has 0 radical (unpaired) electrons. The summed E-state index contributed by atoms with van der Waals surface area (Å²) in [5, 5.41) is 11.9. The molecule has 190 valence electrons. The summed E-state index contributed by atoms with van der Waals surface area (Å²) in [5.74, 6) is -0.756. The van der Waals surface area contributed by atoms with Crippen LogP contribution in [0.5, 0.6) is 11.5 Å². The number of carboxylic acids is 1. The van der Waals surface area contributed by atoms with Crippen molar-refractivity contribution in [3.63, 3.8) is 0 Å². The Bertz CT molecular complexity index is 1380. The Morgan fingerprint density at radius 3 is 2.49 bits per heavy atom. The number of nitrogens with zero attached hydrogens (tertiary/aromatic N) is 1. The average Bonchev–Trinajstić information content (AvgIpc) is 3.11. The summed E-state index contributed by atoms with van der Waals surface area (Å²) in [6.07, 6.45) is 1.54. The molecular weight excluding hydrogens is 496 g/mol. The number of imide groups is 1. The first kappa shape index (κ1) is 25.8. The molecule has 0 spiro atoms. The molecule has 0 saturated carbocycles. The van der Waals surface area contributed by atoms with Crippen molar-refractivity contribution in [2.45, 2.75) is 27.0 Å². The normalized spacial score (nSPS) is 14.1. The van der Waals surface area contributed by atoms with Crippen LogP contribution in [0.1, 0.15) is 39.5 Å². The van der Waals surface area contributed by atoms with E-state index in [1.807, 2.05) is 38.1 Å². The van der Waals surface area contributed by atoms with E-state index >= 15 is 0 Å². The van der Waals surface area contributed by atoms with Crippen molar-refractivity contribution in [3.8, 4) is 11.5 Å². The quantitative estimate of drug-likeness (QED) is 0.288. The number of aryl methyl sites for hydroxylation is 1. The second kappa shape index (κ2) is 11.2. The second-order valence-corrected chi connectivity index (χ2v) is 8.83. The zero-order chi connectivity index (χ0) is 26.5. The summed E-state index contributed by atoms with van der Waals surface area (Å²) < 4.78 is 11.6. The lowest BCUT2D eigenvalue weighted by atomic mass is 10.1. The van der Waals surface area contributed by atoms with E-state index in [0.29, 0.717) is 23.7 Å². The summed E-state index contributed by atoms with van der Waals surface area (Å²) in [6, 6.07) is 16.7. The van der Waals surface area contributed by atoms with Gasteiger partial charge in [-0.2, -0.15) is 0 Å². The number of benzene rings is 3. The minimum Gasteiger partial charge on any atom is -0.490 e. The highest BCUT2D eigenvalue weighted by molar-refractivity contribution is 6.32. The van der Waals surface area contributed by atoms with E-state index in [1.165, 1.54) is 12.1 Å². The first-order chi connectivity index (χ1) is 17.7. The van der Waals surface area contributed by atoms with Crippen LogP contribution in [0.15, 0.2) is 66.4 Å². The number of hydrogen-bond donors (Lipinski definition) is 2. The molecule has 3 aromatic carbocycles. The van der Waals surface area contributed by atoms with Crippen molar-refractivity contribution in [1.82, 2.24) is 10.2 Å². The number of ether oxygens (including phenoxy) is 2. The number of aromatic carboxylic acids is 1. The van der Waals surface area contributed by atoms with Crippen LogP contribution < -0.4 is 14.8 Å². The molecule has 0 aliphatic carbocycles. The van der Waals surface area contributed by atoms with Gasteiger partial charge in [-0.3, -0.25) is 9.69 Å². The molecule has 1 fully saturated rings. The largest absolute Gasteiger partial charge is 0.490 e. The topological polar surface area (TPSA) is 105 Å². The van der Waals surface area contributed by atoms with Crippen LogP contribution in [0.3, 0.4) is 0 Å². The summed E-state index contributed by atoms with van der Waals surface area (Å²) in [6.45, 7) is 4.41. The zero-order valence-electron chi connectivity index (χ0n) is 20.3. The number of rotatable bonds is 9. The lowest BCUT2D eigenvalue weighted by Gasteiger charge is -2.15. The van der Waals surface area contributed by atoms with Gasteiger partial charge in [0.25, 0.3) is 5.91 Å². The van der Waals surface area contributed by atoms with Gasteiger partial charge in [0.2, 0.25) is 0 Å². The molecule has 8 nitrogen and oxygen atoms in total. The number of halogens is 1. The van der Waals surface area contributed by atoms with Gasteiger partial charge in [0, 0.05) is 0 Å². The van der Waals surface area contributed by atoms with Crippen molar-refractivity contribution in [2.75, 3.05) is 6.61 Å². The molecule has 3 aromatic rings. The monoisotopic (exact) mass is 520 g/mol. The van der Waals surface area contributed by atoms with Crippen molar-refractivity contribution in [3.05, 3.63) is 99.2 Å². The van der Waals surface area contributed by atoms with Gasteiger partial charge in [0.15, 0.2) is 11.5 Å². The highest BCUT2D eigenvalue weighted by Crippen LogP contribution is 2.38. The molecule has 2 N–H and O–H groups in total. The van der Waals surface area contributed by atoms with E-state index in [4.69, 9.17) is 26.2 Å². The number of nitrogens with one attached hydrogen (secondary N) is 1. The first-order valence-electron chi connectivity index (χ1n) is 11.6. The van der Waals surface area contributed by atoms with Gasteiger partial charge in [-0.05, 0) is 60.9 Å². The Morgan fingerprint density at radius 1 is 1.05 bits per heavy atom. The first-order valence-corrected chi connectivity index (χ1v) is 11.9. The van der Waals surface area contributed by atoms with Gasteiger partial charge in [-0.15, -0.1) is 0 Å². The van der Waals surface area contributed by atoms with E-state index in [2.05, 4.69) is 5.32 Å². The maximum Gasteiger partial charge on any atom is 0.335 e. The Balaban J connectivity index is 1.53. The van der Waals surface area contributed by atoms with Crippen LogP contribution in [0.25, 0.3) is 6.08 Å². The molecular formula is C28H25ClN2O6. The molecule has 0 atom stereocenters. The average molecular weight is 521 g/mol. The Labute approximate surface area is 219 Å². The molecule has 1 aliphatic heterocycles. The highest BCUT2D eigenvalue weighted by atomic mass is 35.5. The minimum atomic E-state index is -1.01. The number of urea groups is 1. The summed E-state index contributed by atoms with van der Waals surface area (Å²) >= 11 is 6.51. The molecule has 1 aliphatic rings. The van der Waals surface area contributed by atoms with Crippen molar-refractivity contribution in [1.29, 1.82) is 0 Å². The zero-order valence-corrected chi connectivity index (χ0v) is 21.0. The van der Waals surface area contributed by atoms with E-state index in [-0.39, 0.29) is 29.4 Å². The Hall–Kier alpha value is -4.30. The van der Waals surface area contributed by atoms with Crippen molar-refractivity contribution >= 4 is 35.6 Å². The lowest BCUT2D eigenvalue weighted by Crippen LogP contribution is -2.30. The second-order valence-electron chi connectivity index (χ2n) is 8.42. The van der Waals surface area contributed by atoms with Crippen molar-refractivity contribution in [2.24, 2.45) is 0 Å². The third-order valence-corrected chi connectivity index (χ3v) is 5.89. The van der Waals surface area contributed by atoms with Crippen molar-refractivity contribution < 1.29 is 29.0 Å². The molecule has 37 heavy (non-hydrogen) atoms.